The second-order valence-corrected chi connectivity index (χ2v) is 6.63. The van der Waals surface area contributed by atoms with Gasteiger partial charge >= 0.3 is 13.1 Å². The van der Waals surface area contributed by atoms with E-state index in [0.717, 1.165) is 0 Å². The van der Waals surface area contributed by atoms with Gasteiger partial charge in [-0.05, 0) is 45.7 Å². The summed E-state index contributed by atoms with van der Waals surface area (Å²) >= 11 is 0. The Bertz CT molecular complexity index is 571. The van der Waals surface area contributed by atoms with Gasteiger partial charge in [0.25, 0.3) is 0 Å². The van der Waals surface area contributed by atoms with Crippen molar-refractivity contribution in [2.75, 3.05) is 0 Å². The maximum absolute atomic E-state index is 10.9. The first-order valence-corrected chi connectivity index (χ1v) is 7.19. The zero-order chi connectivity index (χ0) is 16.7. The molecule has 1 aliphatic heterocycles. The standard InChI is InChI=1S/C15H22BNO5/c1-14(2)15(3,4)22-16(21-14)10-7-9(5-6-12(10)18)8-11(17)13(19)20/h5-7,11,18H,8,17H2,1-4H3,(H,19,20)/t11-/m0/s1. The van der Waals surface area contributed by atoms with Gasteiger partial charge in [0.05, 0.1) is 11.2 Å². The van der Waals surface area contributed by atoms with Crippen LogP contribution in [0.15, 0.2) is 18.2 Å². The van der Waals surface area contributed by atoms with E-state index in [2.05, 4.69) is 0 Å². The molecule has 1 aromatic rings. The molecule has 1 fully saturated rings. The number of carbonyl (C=O) groups is 1. The highest BCUT2D eigenvalue weighted by atomic mass is 16.7. The van der Waals surface area contributed by atoms with E-state index < -0.39 is 30.3 Å². The van der Waals surface area contributed by atoms with E-state index in [9.17, 15) is 9.90 Å². The molecule has 0 bridgehead atoms. The van der Waals surface area contributed by atoms with Gasteiger partial charge < -0.3 is 25.3 Å². The number of carboxylic acids is 1. The average molecular weight is 307 g/mol. The maximum atomic E-state index is 10.9. The second-order valence-electron chi connectivity index (χ2n) is 6.63. The molecule has 0 unspecified atom stereocenters. The lowest BCUT2D eigenvalue weighted by atomic mass is 9.77. The molecule has 0 amide bonds. The fraction of sp³-hybridized carbons (Fsp3) is 0.533. The summed E-state index contributed by atoms with van der Waals surface area (Å²) in [6, 6.07) is 3.84. The Balaban J connectivity index is 2.27. The number of aliphatic carboxylic acids is 1. The molecule has 1 atom stereocenters. The lowest BCUT2D eigenvalue weighted by molar-refractivity contribution is -0.138. The molecule has 1 aliphatic rings. The summed E-state index contributed by atoms with van der Waals surface area (Å²) in [4.78, 5) is 10.9. The minimum atomic E-state index is -1.06. The predicted octanol–water partition coefficient (Wildman–Crippen LogP) is 0.646. The molecule has 0 spiro atoms. The normalized spacial score (nSPS) is 20.9. The molecule has 7 heteroatoms. The van der Waals surface area contributed by atoms with Crippen LogP contribution >= 0.6 is 0 Å². The molecule has 0 aliphatic carbocycles. The van der Waals surface area contributed by atoms with Crippen molar-refractivity contribution < 1.29 is 24.3 Å². The van der Waals surface area contributed by atoms with Gasteiger partial charge in [0, 0.05) is 5.46 Å². The third-order valence-corrected chi connectivity index (χ3v) is 4.37. The van der Waals surface area contributed by atoms with Crippen molar-refractivity contribution in [1.82, 2.24) is 0 Å². The van der Waals surface area contributed by atoms with Gasteiger partial charge in [-0.25, -0.2) is 0 Å². The highest BCUT2D eigenvalue weighted by molar-refractivity contribution is 6.63. The number of nitrogens with two attached hydrogens (primary N) is 1. The molecule has 0 radical (unpaired) electrons. The first kappa shape index (κ1) is 16.8. The summed E-state index contributed by atoms with van der Waals surface area (Å²) in [5.41, 5.74) is 5.71. The number of aromatic hydroxyl groups is 1. The van der Waals surface area contributed by atoms with Crippen LogP contribution in [0, 0.1) is 0 Å². The first-order valence-electron chi connectivity index (χ1n) is 7.19. The number of carboxylic acid groups (broad SMARTS) is 1. The monoisotopic (exact) mass is 307 g/mol. The zero-order valence-electron chi connectivity index (χ0n) is 13.3. The molecule has 120 valence electrons. The van der Waals surface area contributed by atoms with Crippen LogP contribution in [0.2, 0.25) is 0 Å². The van der Waals surface area contributed by atoms with Crippen LogP contribution in [-0.2, 0) is 20.5 Å². The topological polar surface area (TPSA) is 102 Å². The van der Waals surface area contributed by atoms with Gasteiger partial charge in [-0.2, -0.15) is 0 Å². The van der Waals surface area contributed by atoms with E-state index in [1.807, 2.05) is 27.7 Å². The number of phenolic OH excluding ortho intramolecular Hbond substituents is 1. The lowest BCUT2D eigenvalue weighted by Crippen LogP contribution is -2.41. The largest absolute Gasteiger partial charge is 0.508 e. The van der Waals surface area contributed by atoms with Crippen molar-refractivity contribution in [3.63, 3.8) is 0 Å². The summed E-state index contributed by atoms with van der Waals surface area (Å²) in [6.45, 7) is 7.70. The molecular weight excluding hydrogens is 285 g/mol. The van der Waals surface area contributed by atoms with E-state index >= 15 is 0 Å². The SMILES string of the molecule is CC1(C)OB(c2cc(C[C@H](N)C(=O)O)ccc2O)OC1(C)C. The highest BCUT2D eigenvalue weighted by Crippen LogP contribution is 2.37. The van der Waals surface area contributed by atoms with E-state index in [0.29, 0.717) is 11.0 Å². The fourth-order valence-electron chi connectivity index (χ4n) is 2.23. The van der Waals surface area contributed by atoms with Crippen LogP contribution in [0.4, 0.5) is 0 Å². The van der Waals surface area contributed by atoms with E-state index in [-0.39, 0.29) is 12.2 Å². The Morgan fingerprint density at radius 1 is 1.27 bits per heavy atom. The van der Waals surface area contributed by atoms with E-state index in [4.69, 9.17) is 20.1 Å². The Morgan fingerprint density at radius 3 is 2.32 bits per heavy atom. The van der Waals surface area contributed by atoms with Crippen LogP contribution in [0.5, 0.6) is 5.75 Å². The molecule has 0 aromatic heterocycles. The van der Waals surface area contributed by atoms with Crippen LogP contribution in [0.3, 0.4) is 0 Å². The van der Waals surface area contributed by atoms with Crippen molar-refractivity contribution in [1.29, 1.82) is 0 Å². The molecule has 1 heterocycles. The number of hydrogen-bond donors (Lipinski definition) is 3. The molecule has 6 nitrogen and oxygen atoms in total. The Kier molecular flexibility index (Phi) is 4.25. The maximum Gasteiger partial charge on any atom is 0.498 e. The van der Waals surface area contributed by atoms with Crippen molar-refractivity contribution in [3.05, 3.63) is 23.8 Å². The number of phenols is 1. The predicted molar refractivity (Wildman–Crippen MR) is 83.1 cm³/mol. The zero-order valence-corrected chi connectivity index (χ0v) is 13.3. The van der Waals surface area contributed by atoms with Gasteiger partial charge in [-0.15, -0.1) is 0 Å². The lowest BCUT2D eigenvalue weighted by Gasteiger charge is -2.32. The summed E-state index contributed by atoms with van der Waals surface area (Å²) in [6.07, 6.45) is 0.169. The third-order valence-electron chi connectivity index (χ3n) is 4.37. The molecule has 2 rings (SSSR count). The van der Waals surface area contributed by atoms with E-state index in [1.165, 1.54) is 6.07 Å². The number of rotatable bonds is 4. The molecule has 1 saturated heterocycles. The summed E-state index contributed by atoms with van der Waals surface area (Å²) in [5.74, 6) is -1.02. The van der Waals surface area contributed by atoms with E-state index in [1.54, 1.807) is 12.1 Å². The van der Waals surface area contributed by atoms with Crippen molar-refractivity contribution >= 4 is 18.6 Å². The first-order chi connectivity index (χ1) is 10.0. The van der Waals surface area contributed by atoms with Crippen LogP contribution in [-0.4, -0.2) is 40.5 Å². The quantitative estimate of drug-likeness (QED) is 0.706. The number of hydrogen-bond acceptors (Lipinski definition) is 5. The third kappa shape index (κ3) is 3.11. The van der Waals surface area contributed by atoms with Gasteiger partial charge in [0.1, 0.15) is 11.8 Å². The Morgan fingerprint density at radius 2 is 1.82 bits per heavy atom. The molecule has 0 saturated carbocycles. The average Bonchev–Trinajstić information content (AvgIpc) is 2.60. The highest BCUT2D eigenvalue weighted by Gasteiger charge is 2.52. The van der Waals surface area contributed by atoms with Gasteiger partial charge in [0.2, 0.25) is 0 Å². The Labute approximate surface area is 130 Å². The Hall–Kier alpha value is -1.57. The minimum absolute atomic E-state index is 0.0474. The van der Waals surface area contributed by atoms with Crippen molar-refractivity contribution in [3.8, 4) is 5.75 Å². The number of benzene rings is 1. The summed E-state index contributed by atoms with van der Waals surface area (Å²) in [7, 11) is -0.703. The minimum Gasteiger partial charge on any atom is -0.508 e. The molecule has 22 heavy (non-hydrogen) atoms. The van der Waals surface area contributed by atoms with Crippen molar-refractivity contribution in [2.45, 2.75) is 51.4 Å². The summed E-state index contributed by atoms with van der Waals surface area (Å²) < 4.78 is 11.8. The smallest absolute Gasteiger partial charge is 0.498 e. The summed E-state index contributed by atoms with van der Waals surface area (Å²) in [5, 5.41) is 19.0. The molecule has 1 aromatic carbocycles. The molecule has 4 N–H and O–H groups in total. The second kappa shape index (κ2) is 5.57. The van der Waals surface area contributed by atoms with Gasteiger partial charge in [0.15, 0.2) is 0 Å². The van der Waals surface area contributed by atoms with Gasteiger partial charge in [-0.3, -0.25) is 4.79 Å². The van der Waals surface area contributed by atoms with Crippen LogP contribution in [0.1, 0.15) is 33.3 Å². The van der Waals surface area contributed by atoms with Crippen LogP contribution < -0.4 is 11.2 Å². The van der Waals surface area contributed by atoms with Gasteiger partial charge in [-0.1, -0.05) is 12.1 Å². The fourth-order valence-corrected chi connectivity index (χ4v) is 2.23. The molecular formula is C15H22BNO5. The van der Waals surface area contributed by atoms with Crippen LogP contribution in [0.25, 0.3) is 0 Å². The van der Waals surface area contributed by atoms with Crippen molar-refractivity contribution in [2.24, 2.45) is 5.73 Å².